The van der Waals surface area contributed by atoms with Crippen LogP contribution in [-0.2, 0) is 4.74 Å². The molecule has 0 saturated carbocycles. The van der Waals surface area contributed by atoms with Crippen molar-refractivity contribution in [2.24, 2.45) is 0 Å². The molecular weight excluding hydrogens is 254 g/mol. The Hall–Kier alpha value is -1.40. The van der Waals surface area contributed by atoms with Crippen LogP contribution in [0.25, 0.3) is 0 Å². The average Bonchev–Trinajstić information content (AvgIpc) is 2.42. The molecule has 1 rings (SSSR count). The number of anilines is 2. The number of hydrogen-bond donors (Lipinski definition) is 2. The first-order chi connectivity index (χ1) is 9.63. The molecule has 0 aromatic carbocycles. The van der Waals surface area contributed by atoms with E-state index >= 15 is 0 Å². The van der Waals surface area contributed by atoms with Gasteiger partial charge in [0, 0.05) is 31.4 Å². The third-order valence-electron chi connectivity index (χ3n) is 2.73. The molecule has 0 aliphatic heterocycles. The Labute approximate surface area is 121 Å². The molecule has 0 bridgehead atoms. The lowest BCUT2D eigenvalue weighted by molar-refractivity contribution is 0.126. The van der Waals surface area contributed by atoms with Crippen LogP contribution in [0, 0.1) is 6.92 Å². The summed E-state index contributed by atoms with van der Waals surface area (Å²) in [4.78, 5) is 10.8. The van der Waals surface area contributed by atoms with Gasteiger partial charge in [-0.25, -0.2) is 4.98 Å². The molecule has 6 heteroatoms. The maximum Gasteiger partial charge on any atom is 0.224 e. The van der Waals surface area contributed by atoms with E-state index in [1.165, 1.54) is 0 Å². The van der Waals surface area contributed by atoms with Crippen molar-refractivity contribution >= 4 is 11.8 Å². The van der Waals surface area contributed by atoms with Crippen molar-refractivity contribution in [1.29, 1.82) is 0 Å². The standard InChI is InChI=1S/C14H27N5O/c1-5-6-16-14-17-11-12(2)13(18-14)15-7-9-20-10-8-19(3)4/h11H,5-10H2,1-4H3,(H2,15,16,17,18). The molecule has 0 spiro atoms. The van der Waals surface area contributed by atoms with E-state index in [-0.39, 0.29) is 0 Å². The van der Waals surface area contributed by atoms with Gasteiger partial charge in [-0.05, 0) is 27.4 Å². The molecular formula is C14H27N5O. The van der Waals surface area contributed by atoms with Crippen molar-refractivity contribution in [1.82, 2.24) is 14.9 Å². The van der Waals surface area contributed by atoms with Crippen LogP contribution in [0.4, 0.5) is 11.8 Å². The van der Waals surface area contributed by atoms with Gasteiger partial charge in [0.15, 0.2) is 0 Å². The first-order valence-corrected chi connectivity index (χ1v) is 7.17. The molecule has 0 atom stereocenters. The number of ether oxygens (including phenoxy) is 1. The van der Waals surface area contributed by atoms with Gasteiger partial charge in [0.2, 0.25) is 5.95 Å². The van der Waals surface area contributed by atoms with E-state index < -0.39 is 0 Å². The molecule has 0 fully saturated rings. The summed E-state index contributed by atoms with van der Waals surface area (Å²) in [5.41, 5.74) is 1.04. The maximum atomic E-state index is 5.54. The molecule has 1 heterocycles. The van der Waals surface area contributed by atoms with Crippen molar-refractivity contribution in [3.8, 4) is 0 Å². The number of aromatic nitrogens is 2. The molecule has 0 saturated heterocycles. The Bertz CT molecular complexity index is 384. The zero-order valence-electron chi connectivity index (χ0n) is 13.1. The number of nitrogens with one attached hydrogen (secondary N) is 2. The van der Waals surface area contributed by atoms with Gasteiger partial charge in [0.1, 0.15) is 5.82 Å². The van der Waals surface area contributed by atoms with Crippen LogP contribution >= 0.6 is 0 Å². The van der Waals surface area contributed by atoms with Crippen LogP contribution in [0.15, 0.2) is 6.20 Å². The Balaban J connectivity index is 2.31. The normalized spacial score (nSPS) is 10.8. The van der Waals surface area contributed by atoms with Crippen LogP contribution in [0.5, 0.6) is 0 Å². The summed E-state index contributed by atoms with van der Waals surface area (Å²) in [5, 5.41) is 6.47. The second-order valence-electron chi connectivity index (χ2n) is 4.99. The second-order valence-corrected chi connectivity index (χ2v) is 4.99. The summed E-state index contributed by atoms with van der Waals surface area (Å²) in [5.74, 6) is 1.54. The zero-order valence-corrected chi connectivity index (χ0v) is 13.1. The molecule has 0 radical (unpaired) electrons. The van der Waals surface area contributed by atoms with E-state index in [2.05, 4.69) is 32.4 Å². The highest BCUT2D eigenvalue weighted by molar-refractivity contribution is 5.46. The topological polar surface area (TPSA) is 62.3 Å². The van der Waals surface area contributed by atoms with Gasteiger partial charge < -0.3 is 20.3 Å². The van der Waals surface area contributed by atoms with Crippen LogP contribution in [0.3, 0.4) is 0 Å². The quantitative estimate of drug-likeness (QED) is 0.635. The lowest BCUT2D eigenvalue weighted by atomic mass is 10.3. The van der Waals surface area contributed by atoms with Gasteiger partial charge in [-0.3, -0.25) is 0 Å². The Morgan fingerprint density at radius 2 is 2.00 bits per heavy atom. The SMILES string of the molecule is CCCNc1ncc(C)c(NCCOCCN(C)C)n1. The third kappa shape index (κ3) is 6.68. The predicted molar refractivity (Wildman–Crippen MR) is 83.4 cm³/mol. The minimum absolute atomic E-state index is 0.675. The van der Waals surface area contributed by atoms with Gasteiger partial charge in [-0.15, -0.1) is 0 Å². The monoisotopic (exact) mass is 281 g/mol. The maximum absolute atomic E-state index is 5.54. The lowest BCUT2D eigenvalue weighted by Crippen LogP contribution is -2.20. The Morgan fingerprint density at radius 1 is 1.20 bits per heavy atom. The van der Waals surface area contributed by atoms with Gasteiger partial charge in [0.05, 0.1) is 13.2 Å². The van der Waals surface area contributed by atoms with E-state index in [9.17, 15) is 0 Å². The zero-order chi connectivity index (χ0) is 14.8. The van der Waals surface area contributed by atoms with Crippen molar-refractivity contribution in [3.63, 3.8) is 0 Å². The summed E-state index contributed by atoms with van der Waals surface area (Å²) in [6.45, 7) is 8.12. The fraction of sp³-hybridized carbons (Fsp3) is 0.714. The molecule has 0 amide bonds. The first-order valence-electron chi connectivity index (χ1n) is 7.17. The number of likely N-dealkylation sites (N-methyl/N-ethyl adjacent to an activating group) is 1. The summed E-state index contributed by atoms with van der Waals surface area (Å²) in [6.07, 6.45) is 2.89. The van der Waals surface area contributed by atoms with Crippen LogP contribution < -0.4 is 10.6 Å². The number of aryl methyl sites for hydroxylation is 1. The van der Waals surface area contributed by atoms with Gasteiger partial charge >= 0.3 is 0 Å². The third-order valence-corrected chi connectivity index (χ3v) is 2.73. The van der Waals surface area contributed by atoms with Crippen LogP contribution in [0.1, 0.15) is 18.9 Å². The molecule has 1 aromatic rings. The van der Waals surface area contributed by atoms with E-state index in [1.807, 2.05) is 27.2 Å². The summed E-state index contributed by atoms with van der Waals surface area (Å²) in [7, 11) is 4.08. The molecule has 2 N–H and O–H groups in total. The molecule has 6 nitrogen and oxygen atoms in total. The average molecular weight is 281 g/mol. The van der Waals surface area contributed by atoms with E-state index in [0.717, 1.165) is 44.0 Å². The fourth-order valence-corrected chi connectivity index (χ4v) is 1.53. The summed E-state index contributed by atoms with van der Waals surface area (Å²) < 4.78 is 5.54. The minimum Gasteiger partial charge on any atom is -0.378 e. The van der Waals surface area contributed by atoms with E-state index in [0.29, 0.717) is 12.6 Å². The number of rotatable bonds is 10. The predicted octanol–water partition coefficient (Wildman–Crippen LogP) is 1.60. The van der Waals surface area contributed by atoms with Crippen molar-refractivity contribution in [2.75, 3.05) is 57.6 Å². The fourth-order valence-electron chi connectivity index (χ4n) is 1.53. The number of nitrogens with zero attached hydrogens (tertiary/aromatic N) is 3. The largest absolute Gasteiger partial charge is 0.378 e. The first kappa shape index (κ1) is 16.7. The Morgan fingerprint density at radius 3 is 2.70 bits per heavy atom. The van der Waals surface area contributed by atoms with Gasteiger partial charge in [-0.2, -0.15) is 4.98 Å². The summed E-state index contributed by atoms with van der Waals surface area (Å²) in [6, 6.07) is 0. The van der Waals surface area contributed by atoms with Crippen molar-refractivity contribution in [3.05, 3.63) is 11.8 Å². The Kier molecular flexibility index (Phi) is 7.91. The van der Waals surface area contributed by atoms with Crippen molar-refractivity contribution < 1.29 is 4.74 Å². The van der Waals surface area contributed by atoms with Crippen LogP contribution in [-0.4, -0.2) is 61.8 Å². The second kappa shape index (κ2) is 9.50. The van der Waals surface area contributed by atoms with E-state index in [1.54, 1.807) is 0 Å². The molecule has 0 aliphatic carbocycles. The van der Waals surface area contributed by atoms with Gasteiger partial charge in [0.25, 0.3) is 0 Å². The van der Waals surface area contributed by atoms with Crippen molar-refractivity contribution in [2.45, 2.75) is 20.3 Å². The highest BCUT2D eigenvalue weighted by Crippen LogP contribution is 2.11. The molecule has 0 aliphatic rings. The summed E-state index contributed by atoms with van der Waals surface area (Å²) >= 11 is 0. The molecule has 114 valence electrons. The highest BCUT2D eigenvalue weighted by atomic mass is 16.5. The smallest absolute Gasteiger partial charge is 0.224 e. The van der Waals surface area contributed by atoms with E-state index in [4.69, 9.17) is 4.74 Å². The lowest BCUT2D eigenvalue weighted by Gasteiger charge is -2.12. The minimum atomic E-state index is 0.675. The van der Waals surface area contributed by atoms with Crippen LogP contribution in [0.2, 0.25) is 0 Å². The molecule has 1 aromatic heterocycles. The van der Waals surface area contributed by atoms with Gasteiger partial charge in [-0.1, -0.05) is 6.92 Å². The molecule has 0 unspecified atom stereocenters. The number of hydrogen-bond acceptors (Lipinski definition) is 6. The highest BCUT2D eigenvalue weighted by Gasteiger charge is 2.02. The molecule has 20 heavy (non-hydrogen) atoms.